The highest BCUT2D eigenvalue weighted by Crippen LogP contribution is 2.07. The lowest BCUT2D eigenvalue weighted by molar-refractivity contribution is -0.0800. The molecule has 0 spiro atoms. The third-order valence-electron chi connectivity index (χ3n) is 2.53. The predicted molar refractivity (Wildman–Crippen MR) is 68.0 cm³/mol. The highest BCUT2D eigenvalue weighted by molar-refractivity contribution is 5.98. The van der Waals surface area contributed by atoms with E-state index in [1.165, 1.54) is 0 Å². The zero-order valence-corrected chi connectivity index (χ0v) is 9.82. The molecule has 0 aliphatic heterocycles. The first-order chi connectivity index (χ1) is 8.77. The molecule has 18 heavy (non-hydrogen) atoms. The maximum atomic E-state index is 11.8. The molecule has 0 aromatic heterocycles. The maximum absolute atomic E-state index is 11.8. The minimum absolute atomic E-state index is 0.209. The second-order valence-electron chi connectivity index (χ2n) is 3.88. The molecular formula is C15H14O3. The Morgan fingerprint density at radius 3 is 2.17 bits per heavy atom. The number of hydrogen-bond acceptors (Lipinski definition) is 3. The number of aliphatic hydroxyl groups is 1. The topological polar surface area (TPSA) is 46.5 Å². The molecular weight excluding hydrogens is 228 g/mol. The van der Waals surface area contributed by atoms with Crippen molar-refractivity contribution in [3.8, 4) is 0 Å². The van der Waals surface area contributed by atoms with E-state index in [1.54, 1.807) is 24.3 Å². The molecule has 92 valence electrons. The van der Waals surface area contributed by atoms with Crippen LogP contribution in [-0.2, 0) is 11.3 Å². The van der Waals surface area contributed by atoms with Crippen molar-refractivity contribution < 1.29 is 14.6 Å². The van der Waals surface area contributed by atoms with E-state index >= 15 is 0 Å². The Labute approximate surface area is 106 Å². The van der Waals surface area contributed by atoms with Crippen LogP contribution < -0.4 is 0 Å². The Hall–Kier alpha value is -1.97. The summed E-state index contributed by atoms with van der Waals surface area (Å²) in [7, 11) is 0. The van der Waals surface area contributed by atoms with Crippen molar-refractivity contribution in [2.45, 2.75) is 12.9 Å². The summed E-state index contributed by atoms with van der Waals surface area (Å²) in [6.07, 6.45) is -1.42. The highest BCUT2D eigenvalue weighted by atomic mass is 16.6. The van der Waals surface area contributed by atoms with Gasteiger partial charge in [0.25, 0.3) is 0 Å². The van der Waals surface area contributed by atoms with Gasteiger partial charge in [-0.3, -0.25) is 4.79 Å². The first kappa shape index (κ1) is 12.5. The Kier molecular flexibility index (Phi) is 4.23. The van der Waals surface area contributed by atoms with Crippen LogP contribution in [0.1, 0.15) is 15.9 Å². The van der Waals surface area contributed by atoms with Crippen LogP contribution in [0.5, 0.6) is 0 Å². The summed E-state index contributed by atoms with van der Waals surface area (Å²) in [5, 5.41) is 9.66. The normalized spacial score (nSPS) is 12.1. The third kappa shape index (κ3) is 3.26. The van der Waals surface area contributed by atoms with Gasteiger partial charge in [0.2, 0.25) is 12.1 Å². The zero-order chi connectivity index (χ0) is 12.8. The van der Waals surface area contributed by atoms with E-state index in [2.05, 4.69) is 0 Å². The van der Waals surface area contributed by atoms with Crippen LogP contribution in [0, 0.1) is 0 Å². The molecule has 1 unspecified atom stereocenters. The van der Waals surface area contributed by atoms with E-state index in [4.69, 9.17) is 4.74 Å². The van der Waals surface area contributed by atoms with Crippen molar-refractivity contribution in [2.75, 3.05) is 0 Å². The predicted octanol–water partition coefficient (Wildman–Crippen LogP) is 2.40. The van der Waals surface area contributed by atoms with Crippen LogP contribution in [0.15, 0.2) is 60.7 Å². The third-order valence-corrected chi connectivity index (χ3v) is 2.53. The van der Waals surface area contributed by atoms with E-state index in [9.17, 15) is 9.90 Å². The molecule has 0 amide bonds. The molecule has 0 heterocycles. The highest BCUT2D eigenvalue weighted by Gasteiger charge is 2.17. The lowest BCUT2D eigenvalue weighted by Crippen LogP contribution is -2.23. The van der Waals surface area contributed by atoms with Crippen LogP contribution in [-0.4, -0.2) is 17.2 Å². The molecule has 0 saturated carbocycles. The van der Waals surface area contributed by atoms with Crippen molar-refractivity contribution in [1.82, 2.24) is 0 Å². The average molecular weight is 242 g/mol. The largest absolute Gasteiger partial charge is 0.362 e. The zero-order valence-electron chi connectivity index (χ0n) is 9.82. The number of carbonyl (C=O) groups is 1. The van der Waals surface area contributed by atoms with Gasteiger partial charge in [0.05, 0.1) is 6.61 Å². The molecule has 0 aliphatic carbocycles. The Balaban J connectivity index is 1.93. The summed E-state index contributed by atoms with van der Waals surface area (Å²) < 4.78 is 5.15. The molecule has 0 radical (unpaired) electrons. The SMILES string of the molecule is O=C(c1ccccc1)C(O)OCc1ccccc1. The van der Waals surface area contributed by atoms with Crippen LogP contribution in [0.2, 0.25) is 0 Å². The summed E-state index contributed by atoms with van der Waals surface area (Å²) in [6.45, 7) is 0.209. The molecule has 2 aromatic rings. The van der Waals surface area contributed by atoms with Gasteiger partial charge in [-0.05, 0) is 5.56 Å². The molecule has 3 heteroatoms. The van der Waals surface area contributed by atoms with E-state index < -0.39 is 12.1 Å². The molecule has 0 fully saturated rings. The Bertz CT molecular complexity index is 494. The number of Topliss-reactive ketones (excluding diaryl/α,β-unsaturated/α-hetero) is 1. The average Bonchev–Trinajstić information content (AvgIpc) is 2.46. The van der Waals surface area contributed by atoms with Gasteiger partial charge >= 0.3 is 0 Å². The van der Waals surface area contributed by atoms with Gasteiger partial charge < -0.3 is 9.84 Å². The van der Waals surface area contributed by atoms with Crippen LogP contribution >= 0.6 is 0 Å². The van der Waals surface area contributed by atoms with Gasteiger partial charge in [0.1, 0.15) is 0 Å². The minimum atomic E-state index is -1.42. The molecule has 1 atom stereocenters. The summed E-state index contributed by atoms with van der Waals surface area (Å²) in [6, 6.07) is 18.0. The molecule has 1 N–H and O–H groups in total. The minimum Gasteiger partial charge on any atom is -0.362 e. The smallest absolute Gasteiger partial charge is 0.220 e. The second kappa shape index (κ2) is 6.10. The molecule has 0 aliphatic rings. The number of hydrogen-bond donors (Lipinski definition) is 1. The standard InChI is InChI=1S/C15H14O3/c16-14(13-9-5-2-6-10-13)15(17)18-11-12-7-3-1-4-8-12/h1-10,15,17H,11H2. The lowest BCUT2D eigenvalue weighted by Gasteiger charge is -2.10. The van der Waals surface area contributed by atoms with Gasteiger partial charge in [-0.15, -0.1) is 0 Å². The van der Waals surface area contributed by atoms with Gasteiger partial charge in [-0.2, -0.15) is 0 Å². The second-order valence-corrected chi connectivity index (χ2v) is 3.88. The number of rotatable bonds is 5. The lowest BCUT2D eigenvalue weighted by atomic mass is 10.1. The number of carbonyl (C=O) groups excluding carboxylic acids is 1. The molecule has 0 bridgehead atoms. The van der Waals surface area contributed by atoms with Crippen LogP contribution in [0.4, 0.5) is 0 Å². The quantitative estimate of drug-likeness (QED) is 0.647. The first-order valence-electron chi connectivity index (χ1n) is 5.70. The van der Waals surface area contributed by atoms with Gasteiger partial charge in [0.15, 0.2) is 0 Å². The molecule has 2 aromatic carbocycles. The first-order valence-corrected chi connectivity index (χ1v) is 5.70. The summed E-state index contributed by atoms with van der Waals surface area (Å²) in [5.41, 5.74) is 1.36. The van der Waals surface area contributed by atoms with Crippen LogP contribution in [0.3, 0.4) is 0 Å². The van der Waals surface area contributed by atoms with E-state index in [1.807, 2.05) is 36.4 Å². The van der Waals surface area contributed by atoms with E-state index in [0.29, 0.717) is 5.56 Å². The summed E-state index contributed by atoms with van der Waals surface area (Å²) >= 11 is 0. The van der Waals surface area contributed by atoms with Crippen molar-refractivity contribution in [2.24, 2.45) is 0 Å². The van der Waals surface area contributed by atoms with Crippen molar-refractivity contribution in [1.29, 1.82) is 0 Å². The fourth-order valence-corrected chi connectivity index (χ4v) is 1.57. The Morgan fingerprint density at radius 2 is 1.56 bits per heavy atom. The number of ether oxygens (including phenoxy) is 1. The molecule has 3 nitrogen and oxygen atoms in total. The fraction of sp³-hybridized carbons (Fsp3) is 0.133. The summed E-state index contributed by atoms with van der Waals surface area (Å²) in [5.74, 6) is -0.425. The Morgan fingerprint density at radius 1 is 1.00 bits per heavy atom. The molecule has 0 saturated heterocycles. The maximum Gasteiger partial charge on any atom is 0.220 e. The number of benzene rings is 2. The number of aliphatic hydroxyl groups excluding tert-OH is 1. The van der Waals surface area contributed by atoms with Crippen molar-refractivity contribution >= 4 is 5.78 Å². The van der Waals surface area contributed by atoms with Crippen LogP contribution in [0.25, 0.3) is 0 Å². The van der Waals surface area contributed by atoms with Crippen molar-refractivity contribution in [3.63, 3.8) is 0 Å². The van der Waals surface area contributed by atoms with Crippen molar-refractivity contribution in [3.05, 3.63) is 71.8 Å². The summed E-state index contributed by atoms with van der Waals surface area (Å²) in [4.78, 5) is 11.8. The molecule has 2 rings (SSSR count). The fourth-order valence-electron chi connectivity index (χ4n) is 1.57. The van der Waals surface area contributed by atoms with E-state index in [-0.39, 0.29) is 6.61 Å². The van der Waals surface area contributed by atoms with E-state index in [0.717, 1.165) is 5.56 Å². The van der Waals surface area contributed by atoms with Gasteiger partial charge in [0, 0.05) is 5.56 Å². The van der Waals surface area contributed by atoms with Gasteiger partial charge in [-0.1, -0.05) is 60.7 Å². The monoisotopic (exact) mass is 242 g/mol. The van der Waals surface area contributed by atoms with Gasteiger partial charge in [-0.25, -0.2) is 0 Å². The number of ketones is 1.